The van der Waals surface area contributed by atoms with Crippen LogP contribution in [-0.2, 0) is 14.3 Å². The van der Waals surface area contributed by atoms with Gasteiger partial charge in [-0.25, -0.2) is 0 Å². The van der Waals surface area contributed by atoms with Crippen LogP contribution in [0.15, 0.2) is 0 Å². The van der Waals surface area contributed by atoms with E-state index in [4.69, 9.17) is 9.47 Å². The second kappa shape index (κ2) is 9.23. The Morgan fingerprint density at radius 3 is 1.92 bits per heavy atom. The van der Waals surface area contributed by atoms with Gasteiger partial charge in [-0.1, -0.05) is 41.5 Å². The predicted octanol–water partition coefficient (Wildman–Crippen LogP) is 5.71. The Morgan fingerprint density at radius 1 is 0.960 bits per heavy atom. The first-order valence-corrected chi connectivity index (χ1v) is 9.94. The molecule has 4 heteroatoms. The van der Waals surface area contributed by atoms with E-state index in [2.05, 4.69) is 68.0 Å². The first-order valence-electron chi connectivity index (χ1n) is 9.49. The number of ketones is 1. The summed E-state index contributed by atoms with van der Waals surface area (Å²) in [4.78, 5) is 12.8. The molecule has 0 aromatic heterocycles. The lowest BCUT2D eigenvalue weighted by atomic mass is 9.77. The zero-order chi connectivity index (χ0) is 20.1. The number of Topliss-reactive ketones (excluding diaryl/α,β-unsaturated/α-hetero) is 1. The van der Waals surface area contributed by atoms with Crippen LogP contribution in [0.1, 0.15) is 88.5 Å². The largest absolute Gasteiger partial charge is 0.375 e. The fraction of sp³-hybridized carbons (Fsp3) is 0.952. The maximum Gasteiger partial charge on any atom is 0.164 e. The SMILES string of the molecule is CC(C)COC(C)(C)CCOC(C)(C)C(=O)CC(C)(C)CC(C)(C)S. The molecular formula is C21H42O3S. The summed E-state index contributed by atoms with van der Waals surface area (Å²) in [5.74, 6) is 0.660. The van der Waals surface area contributed by atoms with Crippen molar-refractivity contribution in [2.24, 2.45) is 11.3 Å². The van der Waals surface area contributed by atoms with Crippen molar-refractivity contribution in [1.29, 1.82) is 0 Å². The molecule has 150 valence electrons. The molecule has 0 unspecified atom stereocenters. The number of carbonyl (C=O) groups is 1. The van der Waals surface area contributed by atoms with Gasteiger partial charge in [0.05, 0.1) is 12.2 Å². The molecule has 0 saturated heterocycles. The highest BCUT2D eigenvalue weighted by Crippen LogP contribution is 2.36. The third-order valence-electron chi connectivity index (χ3n) is 4.20. The van der Waals surface area contributed by atoms with Crippen molar-refractivity contribution in [3.05, 3.63) is 0 Å². The molecular weight excluding hydrogens is 332 g/mol. The Kier molecular flexibility index (Phi) is 9.21. The van der Waals surface area contributed by atoms with Crippen LogP contribution in [0, 0.1) is 11.3 Å². The summed E-state index contributed by atoms with van der Waals surface area (Å²) < 4.78 is 11.8. The number of ether oxygens (including phenoxy) is 2. The third kappa shape index (κ3) is 12.0. The second-order valence-electron chi connectivity index (χ2n) is 10.3. The van der Waals surface area contributed by atoms with Gasteiger partial charge >= 0.3 is 0 Å². The van der Waals surface area contributed by atoms with Gasteiger partial charge in [0, 0.05) is 17.8 Å². The highest BCUT2D eigenvalue weighted by Gasteiger charge is 2.35. The second-order valence-corrected chi connectivity index (χ2v) is 11.5. The molecule has 0 radical (unpaired) electrons. The average molecular weight is 375 g/mol. The van der Waals surface area contributed by atoms with Gasteiger partial charge in [-0.15, -0.1) is 0 Å². The standard InChI is InChI=1S/C21H42O3S/c1-16(2)14-24-19(5,6)11-12-23-21(9,10)17(22)13-18(3,4)15-20(7,8)25/h16,25H,11-15H2,1-10H3. The molecule has 0 fully saturated rings. The molecule has 0 atom stereocenters. The molecule has 0 bridgehead atoms. The highest BCUT2D eigenvalue weighted by molar-refractivity contribution is 7.81. The van der Waals surface area contributed by atoms with Crippen LogP contribution >= 0.6 is 12.6 Å². The quantitative estimate of drug-likeness (QED) is 0.445. The molecule has 0 aromatic carbocycles. The summed E-state index contributed by atoms with van der Waals surface area (Å²) in [7, 11) is 0. The first-order chi connectivity index (χ1) is 11.0. The summed E-state index contributed by atoms with van der Waals surface area (Å²) in [6, 6.07) is 0. The summed E-state index contributed by atoms with van der Waals surface area (Å²) in [6.45, 7) is 21.9. The fourth-order valence-electron chi connectivity index (χ4n) is 2.98. The predicted molar refractivity (Wildman–Crippen MR) is 111 cm³/mol. The molecule has 0 saturated carbocycles. The smallest absolute Gasteiger partial charge is 0.164 e. The monoisotopic (exact) mass is 374 g/mol. The number of rotatable bonds is 12. The van der Waals surface area contributed by atoms with Gasteiger partial charge in [0.15, 0.2) is 5.78 Å². The molecule has 0 amide bonds. The molecule has 3 nitrogen and oxygen atoms in total. The minimum absolute atomic E-state index is 0.0907. The Bertz CT molecular complexity index is 417. The zero-order valence-corrected chi connectivity index (χ0v) is 19.2. The maximum absolute atomic E-state index is 12.8. The van der Waals surface area contributed by atoms with Gasteiger partial charge in [-0.05, 0) is 51.9 Å². The normalized spacial score (nSPS) is 14.2. The van der Waals surface area contributed by atoms with Crippen LogP contribution in [0.4, 0.5) is 0 Å². The van der Waals surface area contributed by atoms with Gasteiger partial charge in [-0.2, -0.15) is 12.6 Å². The van der Waals surface area contributed by atoms with E-state index in [9.17, 15) is 4.79 Å². The Hall–Kier alpha value is -0.0600. The van der Waals surface area contributed by atoms with E-state index in [1.807, 2.05) is 13.8 Å². The molecule has 0 heterocycles. The Balaban J connectivity index is 4.54. The van der Waals surface area contributed by atoms with E-state index >= 15 is 0 Å². The minimum atomic E-state index is -0.772. The summed E-state index contributed by atoms with van der Waals surface area (Å²) >= 11 is 4.61. The van der Waals surface area contributed by atoms with Gasteiger partial charge in [-0.3, -0.25) is 4.79 Å². The number of hydrogen-bond acceptors (Lipinski definition) is 4. The lowest BCUT2D eigenvalue weighted by Crippen LogP contribution is -2.40. The van der Waals surface area contributed by atoms with Crippen LogP contribution in [0.3, 0.4) is 0 Å². The van der Waals surface area contributed by atoms with Crippen molar-refractivity contribution < 1.29 is 14.3 Å². The van der Waals surface area contributed by atoms with Gasteiger partial charge < -0.3 is 9.47 Å². The molecule has 0 aliphatic heterocycles. The van der Waals surface area contributed by atoms with Crippen molar-refractivity contribution in [2.75, 3.05) is 13.2 Å². The van der Waals surface area contributed by atoms with E-state index < -0.39 is 5.60 Å². The fourth-order valence-corrected chi connectivity index (χ4v) is 3.41. The molecule has 0 aliphatic rings. The summed E-state index contributed by atoms with van der Waals surface area (Å²) in [6.07, 6.45) is 2.14. The van der Waals surface area contributed by atoms with Crippen LogP contribution in [0.5, 0.6) is 0 Å². The lowest BCUT2D eigenvalue weighted by Gasteiger charge is -2.34. The van der Waals surface area contributed by atoms with E-state index in [0.717, 1.165) is 19.4 Å². The first kappa shape index (κ1) is 24.9. The van der Waals surface area contributed by atoms with Crippen LogP contribution in [0.2, 0.25) is 0 Å². The lowest BCUT2D eigenvalue weighted by molar-refractivity contribution is -0.145. The van der Waals surface area contributed by atoms with E-state index in [0.29, 0.717) is 18.9 Å². The number of carbonyl (C=O) groups excluding carboxylic acids is 1. The van der Waals surface area contributed by atoms with Crippen molar-refractivity contribution in [1.82, 2.24) is 0 Å². The molecule has 0 N–H and O–H groups in total. The minimum Gasteiger partial charge on any atom is -0.375 e. The van der Waals surface area contributed by atoms with Crippen LogP contribution in [0.25, 0.3) is 0 Å². The Labute approximate surface area is 162 Å². The van der Waals surface area contributed by atoms with E-state index in [1.165, 1.54) is 0 Å². The van der Waals surface area contributed by atoms with Crippen molar-refractivity contribution in [3.8, 4) is 0 Å². The molecule has 0 rings (SSSR count). The van der Waals surface area contributed by atoms with E-state index in [-0.39, 0.29) is 21.5 Å². The number of hydrogen-bond donors (Lipinski definition) is 1. The Morgan fingerprint density at radius 2 is 1.48 bits per heavy atom. The van der Waals surface area contributed by atoms with E-state index in [1.54, 1.807) is 0 Å². The summed E-state index contributed by atoms with van der Waals surface area (Å²) in [5, 5.41) is 0. The summed E-state index contributed by atoms with van der Waals surface area (Å²) in [5.41, 5.74) is -1.10. The van der Waals surface area contributed by atoms with Gasteiger partial charge in [0.1, 0.15) is 5.60 Å². The topological polar surface area (TPSA) is 35.5 Å². The third-order valence-corrected chi connectivity index (χ3v) is 4.35. The van der Waals surface area contributed by atoms with Gasteiger partial charge in [0.25, 0.3) is 0 Å². The molecule has 0 spiro atoms. The molecule has 0 aliphatic carbocycles. The van der Waals surface area contributed by atoms with Crippen molar-refractivity contribution >= 4 is 18.4 Å². The molecule has 0 aromatic rings. The molecule has 25 heavy (non-hydrogen) atoms. The van der Waals surface area contributed by atoms with Crippen molar-refractivity contribution in [2.45, 2.75) is 104 Å². The van der Waals surface area contributed by atoms with Crippen LogP contribution < -0.4 is 0 Å². The highest BCUT2D eigenvalue weighted by atomic mass is 32.1. The maximum atomic E-state index is 12.8. The number of thiol groups is 1. The van der Waals surface area contributed by atoms with Crippen LogP contribution in [-0.4, -0.2) is 34.9 Å². The van der Waals surface area contributed by atoms with Crippen molar-refractivity contribution in [3.63, 3.8) is 0 Å². The zero-order valence-electron chi connectivity index (χ0n) is 18.3. The van der Waals surface area contributed by atoms with Gasteiger partial charge in [0.2, 0.25) is 0 Å². The average Bonchev–Trinajstić information content (AvgIpc) is 2.32.